The Morgan fingerprint density at radius 3 is 2.13 bits per heavy atom. The van der Waals surface area contributed by atoms with Crippen molar-refractivity contribution in [1.82, 2.24) is 0 Å². The fourth-order valence-electron chi connectivity index (χ4n) is 3.48. The summed E-state index contributed by atoms with van der Waals surface area (Å²) in [6, 6.07) is 8.20. The van der Waals surface area contributed by atoms with Gasteiger partial charge in [-0.05, 0) is 61.2 Å². The van der Waals surface area contributed by atoms with Crippen LogP contribution < -0.4 is 4.57 Å². The summed E-state index contributed by atoms with van der Waals surface area (Å²) in [7, 11) is 1.88. The van der Waals surface area contributed by atoms with Gasteiger partial charge in [-0.3, -0.25) is 0 Å². The Morgan fingerprint density at radius 1 is 0.957 bits per heavy atom. The lowest BCUT2D eigenvalue weighted by Gasteiger charge is -2.26. The second kappa shape index (κ2) is 6.86. The van der Waals surface area contributed by atoms with Crippen LogP contribution in [-0.2, 0) is 7.05 Å². The summed E-state index contributed by atoms with van der Waals surface area (Å²) in [5, 5.41) is 0. The maximum Gasteiger partial charge on any atom is 0.212 e. The summed E-state index contributed by atoms with van der Waals surface area (Å²) in [6.07, 6.45) is 1.71. The maximum absolute atomic E-state index is 9.05. The Balaban J connectivity index is 2.59. The molecule has 1 nitrogen and oxygen atoms in total. The molecule has 2 aromatic rings. The van der Waals surface area contributed by atoms with Crippen LogP contribution in [0.25, 0.3) is 11.3 Å². The molecule has 0 aliphatic heterocycles. The second-order valence-electron chi connectivity index (χ2n) is 7.16. The number of hydrogen-bond donors (Lipinski definition) is 0. The van der Waals surface area contributed by atoms with Crippen molar-refractivity contribution >= 4 is 0 Å². The lowest BCUT2D eigenvalue weighted by atomic mass is 9.79. The van der Waals surface area contributed by atoms with Crippen molar-refractivity contribution in [3.05, 3.63) is 52.7 Å². The van der Waals surface area contributed by atoms with Gasteiger partial charge in [0, 0.05) is 22.7 Å². The van der Waals surface area contributed by atoms with E-state index < -0.39 is 12.7 Å². The van der Waals surface area contributed by atoms with Gasteiger partial charge >= 0.3 is 0 Å². The molecule has 0 amide bonds. The van der Waals surface area contributed by atoms with Crippen molar-refractivity contribution < 1.29 is 10.1 Å². The third-order valence-electron chi connectivity index (χ3n) is 4.56. The Bertz CT molecular complexity index is 827. The van der Waals surface area contributed by atoms with Gasteiger partial charge in [-0.2, -0.15) is 0 Å². The second-order valence-corrected chi connectivity index (χ2v) is 7.16. The molecular weight excluding hydrogens is 278 g/mol. The summed E-state index contributed by atoms with van der Waals surface area (Å²) >= 11 is 0. The van der Waals surface area contributed by atoms with Crippen molar-refractivity contribution in [3.8, 4) is 11.3 Å². The molecule has 0 atom stereocenters. The average Bonchev–Trinajstić information content (AvgIpc) is 2.54. The zero-order valence-electron chi connectivity index (χ0n) is 19.5. The molecular formula is C22H32N+. The number of hydrogen-bond acceptors (Lipinski definition) is 0. The number of benzene rings is 1. The summed E-state index contributed by atoms with van der Waals surface area (Å²) in [6.45, 7) is 10.2. The molecule has 0 saturated carbocycles. The van der Waals surface area contributed by atoms with Gasteiger partial charge in [-0.1, -0.05) is 39.8 Å². The summed E-state index contributed by atoms with van der Waals surface area (Å²) in [5.74, 6) is -0.216. The van der Waals surface area contributed by atoms with Gasteiger partial charge < -0.3 is 0 Å². The predicted octanol–water partition coefficient (Wildman–Crippen LogP) is 5.50. The highest BCUT2D eigenvalue weighted by Crippen LogP contribution is 2.34. The molecule has 0 fully saturated rings. The number of rotatable bonds is 4. The van der Waals surface area contributed by atoms with Crippen molar-refractivity contribution in [2.45, 2.75) is 54.3 Å². The first-order chi connectivity index (χ1) is 12.3. The van der Waals surface area contributed by atoms with Gasteiger partial charge in [0.05, 0.1) is 0 Å². The zero-order chi connectivity index (χ0) is 20.7. The standard InChI is InChI=1S/C22H32N/c1-14(2)22(15(3)4)19-9-10-20(17(6)11-19)21-12-16(5)18(7)13-23(21)8/h9-15,22H,1-8H3/q+1/i7D3,22D. The van der Waals surface area contributed by atoms with E-state index in [9.17, 15) is 0 Å². The Kier molecular flexibility index (Phi) is 3.81. The van der Waals surface area contributed by atoms with Gasteiger partial charge in [0.25, 0.3) is 0 Å². The summed E-state index contributed by atoms with van der Waals surface area (Å²) < 4.78 is 34.0. The molecule has 1 aromatic heterocycles. The van der Waals surface area contributed by atoms with Crippen LogP contribution in [-0.4, -0.2) is 0 Å². The molecule has 0 unspecified atom stereocenters. The quantitative estimate of drug-likeness (QED) is 0.656. The van der Waals surface area contributed by atoms with E-state index >= 15 is 0 Å². The highest BCUT2D eigenvalue weighted by Gasteiger charge is 2.21. The third kappa shape index (κ3) is 3.65. The van der Waals surface area contributed by atoms with E-state index in [2.05, 4.69) is 52.8 Å². The van der Waals surface area contributed by atoms with Crippen molar-refractivity contribution in [1.29, 1.82) is 0 Å². The number of aryl methyl sites for hydroxylation is 4. The molecule has 0 bridgehead atoms. The molecule has 0 aliphatic carbocycles. The van der Waals surface area contributed by atoms with Crippen LogP contribution in [0.5, 0.6) is 0 Å². The predicted molar refractivity (Wildman–Crippen MR) is 99.7 cm³/mol. The smallest absolute Gasteiger partial charge is 0.201 e. The first kappa shape index (κ1) is 12.8. The molecule has 1 heteroatoms. The zero-order valence-corrected chi connectivity index (χ0v) is 15.5. The minimum atomic E-state index is -2.11. The molecule has 0 aliphatic rings. The maximum atomic E-state index is 9.05. The molecule has 0 N–H and O–H groups in total. The largest absolute Gasteiger partial charge is 0.212 e. The van der Waals surface area contributed by atoms with Crippen LogP contribution >= 0.6 is 0 Å². The van der Waals surface area contributed by atoms with Crippen LogP contribution in [0.4, 0.5) is 0 Å². The number of pyridine rings is 1. The molecule has 0 spiro atoms. The molecule has 23 heavy (non-hydrogen) atoms. The Morgan fingerprint density at radius 2 is 1.61 bits per heavy atom. The molecule has 2 rings (SSSR count). The van der Waals surface area contributed by atoms with Crippen LogP contribution in [0.15, 0.2) is 30.5 Å². The van der Waals surface area contributed by atoms with Gasteiger partial charge in [0.1, 0.15) is 7.05 Å². The van der Waals surface area contributed by atoms with E-state index in [1.54, 1.807) is 6.20 Å². The molecule has 124 valence electrons. The van der Waals surface area contributed by atoms with E-state index in [4.69, 9.17) is 5.48 Å². The minimum Gasteiger partial charge on any atom is -0.201 e. The highest BCUT2D eigenvalue weighted by molar-refractivity contribution is 5.62. The van der Waals surface area contributed by atoms with Crippen LogP contribution in [0, 0.1) is 32.5 Å². The minimum absolute atomic E-state index is 0.208. The van der Waals surface area contributed by atoms with Crippen molar-refractivity contribution in [2.24, 2.45) is 18.9 Å². The van der Waals surface area contributed by atoms with E-state index in [1.165, 1.54) is 0 Å². The Labute approximate surface area is 148 Å². The van der Waals surface area contributed by atoms with Gasteiger partial charge in [0.15, 0.2) is 6.20 Å². The number of nitrogens with zero attached hydrogens (tertiary/aromatic N) is 1. The number of aromatic nitrogens is 1. The van der Waals surface area contributed by atoms with Crippen LogP contribution in [0.1, 0.15) is 61.3 Å². The first-order valence-electron chi connectivity index (χ1n) is 10.4. The van der Waals surface area contributed by atoms with Gasteiger partial charge in [-0.15, -0.1) is 0 Å². The van der Waals surface area contributed by atoms with E-state index in [1.807, 2.05) is 24.6 Å². The SMILES string of the molecule is [2H]C([2H])([2H])c1c[n+](C)c(-c2ccc(C([2H])(C(C)C)C(C)C)cc2C)cc1C. The fourth-order valence-corrected chi connectivity index (χ4v) is 3.48. The van der Waals surface area contributed by atoms with E-state index in [0.717, 1.165) is 27.9 Å². The topological polar surface area (TPSA) is 3.88 Å². The van der Waals surface area contributed by atoms with Crippen LogP contribution in [0.3, 0.4) is 0 Å². The van der Waals surface area contributed by atoms with E-state index in [-0.39, 0.29) is 11.8 Å². The highest BCUT2D eigenvalue weighted by atomic mass is 14.9. The average molecular weight is 315 g/mol. The van der Waals surface area contributed by atoms with Gasteiger partial charge in [0.2, 0.25) is 5.69 Å². The first-order valence-corrected chi connectivity index (χ1v) is 8.42. The summed E-state index contributed by atoms with van der Waals surface area (Å²) in [4.78, 5) is 0. The normalized spacial score (nSPS) is 15.3. The lowest BCUT2D eigenvalue weighted by Crippen LogP contribution is -2.31. The van der Waals surface area contributed by atoms with E-state index in [0.29, 0.717) is 5.56 Å². The molecule has 0 saturated heterocycles. The molecule has 0 radical (unpaired) electrons. The molecule has 1 heterocycles. The monoisotopic (exact) mass is 314 g/mol. The fraction of sp³-hybridized carbons (Fsp3) is 0.500. The van der Waals surface area contributed by atoms with Crippen molar-refractivity contribution in [2.75, 3.05) is 0 Å². The molecule has 1 aromatic carbocycles. The van der Waals surface area contributed by atoms with Crippen molar-refractivity contribution in [3.63, 3.8) is 0 Å². The third-order valence-corrected chi connectivity index (χ3v) is 4.56. The summed E-state index contributed by atoms with van der Waals surface area (Å²) in [5.41, 5.74) is 5.33. The van der Waals surface area contributed by atoms with Gasteiger partial charge in [-0.25, -0.2) is 4.57 Å². The Hall–Kier alpha value is -1.63. The lowest BCUT2D eigenvalue weighted by molar-refractivity contribution is -0.660. The van der Waals surface area contributed by atoms with Crippen LogP contribution in [0.2, 0.25) is 0 Å².